The Labute approximate surface area is 176 Å². The van der Waals surface area contributed by atoms with Gasteiger partial charge in [0, 0.05) is 52.9 Å². The van der Waals surface area contributed by atoms with Gasteiger partial charge in [0.2, 0.25) is 5.91 Å². The molecule has 0 aliphatic carbocycles. The Morgan fingerprint density at radius 3 is 2.48 bits per heavy atom. The molecular weight excluding hydrogens is 467 g/mol. The van der Waals surface area contributed by atoms with Crippen molar-refractivity contribution in [2.24, 2.45) is 4.99 Å². The van der Waals surface area contributed by atoms with E-state index in [1.165, 1.54) is 11.0 Å². The van der Waals surface area contributed by atoms with E-state index < -0.39 is 11.6 Å². The normalized spacial score (nSPS) is 14.6. The van der Waals surface area contributed by atoms with Gasteiger partial charge in [-0.2, -0.15) is 0 Å². The van der Waals surface area contributed by atoms with Crippen LogP contribution in [0.15, 0.2) is 23.2 Å². The van der Waals surface area contributed by atoms with Crippen LogP contribution in [-0.4, -0.2) is 75.0 Å². The molecule has 6 nitrogen and oxygen atoms in total. The minimum atomic E-state index is -0.446. The number of benzene rings is 1. The van der Waals surface area contributed by atoms with E-state index in [1.807, 2.05) is 9.80 Å². The Morgan fingerprint density at radius 2 is 1.89 bits per heavy atom. The fourth-order valence-corrected chi connectivity index (χ4v) is 2.68. The van der Waals surface area contributed by atoms with Crippen LogP contribution < -0.4 is 10.2 Å². The number of anilines is 1. The van der Waals surface area contributed by atoms with Gasteiger partial charge in [-0.05, 0) is 18.6 Å². The molecule has 0 radical (unpaired) electrons. The summed E-state index contributed by atoms with van der Waals surface area (Å²) in [6.07, 6.45) is 0.940. The second-order valence-corrected chi connectivity index (χ2v) is 6.42. The zero-order chi connectivity index (χ0) is 19.1. The number of carbonyl (C=O) groups is 1. The molecule has 1 aliphatic heterocycles. The van der Waals surface area contributed by atoms with Crippen LogP contribution in [0.25, 0.3) is 0 Å². The second-order valence-electron chi connectivity index (χ2n) is 6.42. The van der Waals surface area contributed by atoms with Gasteiger partial charge in [0.1, 0.15) is 18.2 Å². The predicted octanol–water partition coefficient (Wildman–Crippen LogP) is 2.15. The number of nitrogens with zero attached hydrogens (tertiary/aromatic N) is 4. The summed E-state index contributed by atoms with van der Waals surface area (Å²) in [7, 11) is 3.40. The highest BCUT2D eigenvalue weighted by Crippen LogP contribution is 2.21. The predicted molar refractivity (Wildman–Crippen MR) is 115 cm³/mol. The van der Waals surface area contributed by atoms with Crippen LogP contribution >= 0.6 is 24.0 Å². The molecule has 1 heterocycles. The minimum Gasteiger partial charge on any atom is -0.366 e. The maximum atomic E-state index is 14.0. The molecule has 27 heavy (non-hydrogen) atoms. The molecule has 0 atom stereocenters. The third-order valence-corrected chi connectivity index (χ3v) is 4.22. The van der Waals surface area contributed by atoms with E-state index in [2.05, 4.69) is 17.2 Å². The molecular formula is C18H28F2IN5O. The highest BCUT2D eigenvalue weighted by molar-refractivity contribution is 14.0. The molecule has 1 saturated heterocycles. The number of aliphatic imine (C=N–C) groups is 1. The number of halogens is 3. The Bertz CT molecular complexity index is 649. The van der Waals surface area contributed by atoms with Crippen molar-refractivity contribution < 1.29 is 13.6 Å². The lowest BCUT2D eigenvalue weighted by Crippen LogP contribution is -2.53. The second kappa shape index (κ2) is 11.3. The van der Waals surface area contributed by atoms with Gasteiger partial charge in [-0.1, -0.05) is 6.92 Å². The van der Waals surface area contributed by atoms with Crippen molar-refractivity contribution in [1.82, 2.24) is 15.1 Å². The monoisotopic (exact) mass is 495 g/mol. The number of guanidine groups is 1. The molecule has 0 bridgehead atoms. The Morgan fingerprint density at radius 1 is 1.22 bits per heavy atom. The fraction of sp³-hybridized carbons (Fsp3) is 0.556. The van der Waals surface area contributed by atoms with E-state index in [4.69, 9.17) is 0 Å². The quantitative estimate of drug-likeness (QED) is 0.387. The number of hydrogen-bond acceptors (Lipinski definition) is 3. The van der Waals surface area contributed by atoms with Crippen LogP contribution in [0, 0.1) is 11.6 Å². The summed E-state index contributed by atoms with van der Waals surface area (Å²) in [5.41, 5.74) is 0.285. The largest absolute Gasteiger partial charge is 0.366 e. The van der Waals surface area contributed by atoms with Gasteiger partial charge >= 0.3 is 0 Å². The van der Waals surface area contributed by atoms with Crippen LogP contribution in [0.3, 0.4) is 0 Å². The van der Waals surface area contributed by atoms with Gasteiger partial charge in [-0.3, -0.25) is 4.79 Å². The van der Waals surface area contributed by atoms with E-state index in [9.17, 15) is 13.6 Å². The van der Waals surface area contributed by atoms with Crippen molar-refractivity contribution in [3.8, 4) is 0 Å². The van der Waals surface area contributed by atoms with Gasteiger partial charge in [-0.25, -0.2) is 13.8 Å². The lowest BCUT2D eigenvalue weighted by Gasteiger charge is -2.37. The minimum absolute atomic E-state index is 0. The van der Waals surface area contributed by atoms with Crippen LogP contribution in [0.5, 0.6) is 0 Å². The molecule has 1 aromatic rings. The number of likely N-dealkylation sites (N-methyl/N-ethyl adjacent to an activating group) is 1. The van der Waals surface area contributed by atoms with Crippen LogP contribution in [0.1, 0.15) is 13.3 Å². The molecule has 1 aromatic carbocycles. The number of rotatable bonds is 5. The molecule has 1 fully saturated rings. The lowest BCUT2D eigenvalue weighted by atomic mass is 10.2. The van der Waals surface area contributed by atoms with Crippen molar-refractivity contribution in [3.05, 3.63) is 29.8 Å². The third-order valence-electron chi connectivity index (χ3n) is 4.22. The highest BCUT2D eigenvalue weighted by Gasteiger charge is 2.22. The zero-order valence-corrected chi connectivity index (χ0v) is 18.4. The smallest absolute Gasteiger partial charge is 0.243 e. The van der Waals surface area contributed by atoms with Crippen LogP contribution in [0.4, 0.5) is 14.5 Å². The van der Waals surface area contributed by atoms with Gasteiger partial charge in [0.15, 0.2) is 5.96 Å². The Kier molecular flexibility index (Phi) is 9.75. The van der Waals surface area contributed by atoms with Gasteiger partial charge in [0.05, 0.1) is 5.69 Å². The van der Waals surface area contributed by atoms with Gasteiger partial charge < -0.3 is 20.0 Å². The number of piperazine rings is 1. The Balaban J connectivity index is 0.00000364. The maximum absolute atomic E-state index is 14.0. The number of carbonyl (C=O) groups excluding carboxylic acids is 1. The average Bonchev–Trinajstić information content (AvgIpc) is 2.63. The topological polar surface area (TPSA) is 51.2 Å². The average molecular weight is 495 g/mol. The molecule has 0 saturated carbocycles. The van der Waals surface area contributed by atoms with Gasteiger partial charge in [0.25, 0.3) is 0 Å². The lowest BCUT2D eigenvalue weighted by molar-refractivity contribution is -0.127. The molecule has 9 heteroatoms. The SMILES string of the molecule is CCCNC(=NCC(=O)N(C)C)N1CCN(c2cc(F)ccc2F)CC1.I. The first-order valence-electron chi connectivity index (χ1n) is 8.85. The summed E-state index contributed by atoms with van der Waals surface area (Å²) >= 11 is 0. The van der Waals surface area contributed by atoms with E-state index in [-0.39, 0.29) is 42.1 Å². The summed E-state index contributed by atoms with van der Waals surface area (Å²) in [6, 6.07) is 3.50. The Hall–Kier alpha value is -1.65. The molecule has 1 amide bonds. The van der Waals surface area contributed by atoms with Crippen LogP contribution in [0.2, 0.25) is 0 Å². The number of amides is 1. The highest BCUT2D eigenvalue weighted by atomic mass is 127. The summed E-state index contributed by atoms with van der Waals surface area (Å²) in [5.74, 6) is -0.255. The van der Waals surface area contributed by atoms with E-state index in [0.29, 0.717) is 32.1 Å². The van der Waals surface area contributed by atoms with Crippen molar-refractivity contribution >= 4 is 41.5 Å². The van der Waals surface area contributed by atoms with E-state index >= 15 is 0 Å². The van der Waals surface area contributed by atoms with Crippen molar-refractivity contribution in [2.75, 3.05) is 58.3 Å². The fourth-order valence-electron chi connectivity index (χ4n) is 2.68. The van der Waals surface area contributed by atoms with Crippen LogP contribution in [-0.2, 0) is 4.79 Å². The first kappa shape index (κ1) is 23.4. The molecule has 1 aliphatic rings. The summed E-state index contributed by atoms with van der Waals surface area (Å²) in [5, 5.41) is 3.26. The number of nitrogens with one attached hydrogen (secondary N) is 1. The standard InChI is InChI=1S/C18H27F2N5O.HI/c1-4-7-21-18(22-13-17(26)23(2)3)25-10-8-24(9-11-25)16-12-14(19)5-6-15(16)20;/h5-6,12H,4,7-11,13H2,1-3H3,(H,21,22);1H. The molecule has 152 valence electrons. The molecule has 0 aromatic heterocycles. The molecule has 0 spiro atoms. The van der Waals surface area contributed by atoms with Crippen molar-refractivity contribution in [3.63, 3.8) is 0 Å². The summed E-state index contributed by atoms with van der Waals surface area (Å²) < 4.78 is 27.4. The van der Waals surface area contributed by atoms with Gasteiger partial charge in [-0.15, -0.1) is 24.0 Å². The van der Waals surface area contributed by atoms with Crippen molar-refractivity contribution in [1.29, 1.82) is 0 Å². The first-order chi connectivity index (χ1) is 12.4. The summed E-state index contributed by atoms with van der Waals surface area (Å²) in [4.78, 5) is 21.6. The third kappa shape index (κ3) is 6.78. The molecule has 0 unspecified atom stereocenters. The molecule has 2 rings (SSSR count). The molecule has 1 N–H and O–H groups in total. The van der Waals surface area contributed by atoms with E-state index in [1.54, 1.807) is 14.1 Å². The number of hydrogen-bond donors (Lipinski definition) is 1. The summed E-state index contributed by atoms with van der Waals surface area (Å²) in [6.45, 7) is 5.22. The van der Waals surface area contributed by atoms with Crippen molar-refractivity contribution in [2.45, 2.75) is 13.3 Å². The van der Waals surface area contributed by atoms with E-state index in [0.717, 1.165) is 25.1 Å². The zero-order valence-electron chi connectivity index (χ0n) is 16.0. The first-order valence-corrected chi connectivity index (χ1v) is 8.85. The maximum Gasteiger partial charge on any atom is 0.243 e.